The van der Waals surface area contributed by atoms with Crippen molar-refractivity contribution >= 4 is 35.0 Å². The largest absolute Gasteiger partial charge is 0.497 e. The molecule has 0 radical (unpaired) electrons. The van der Waals surface area contributed by atoms with Crippen LogP contribution in [0.2, 0.25) is 5.02 Å². The highest BCUT2D eigenvalue weighted by molar-refractivity contribution is 8.00. The molecule has 1 amide bonds. The minimum Gasteiger partial charge on any atom is -0.497 e. The topological polar surface area (TPSA) is 75.0 Å². The van der Waals surface area contributed by atoms with Gasteiger partial charge in [-0.15, -0.1) is 0 Å². The second-order valence-electron chi connectivity index (χ2n) is 7.70. The van der Waals surface area contributed by atoms with Crippen LogP contribution in [-0.4, -0.2) is 23.3 Å². The molecule has 1 aromatic heterocycles. The first-order valence-corrected chi connectivity index (χ1v) is 12.1. The van der Waals surface area contributed by atoms with Gasteiger partial charge in [-0.2, -0.15) is 5.26 Å². The number of nitrogens with one attached hydrogen (secondary N) is 1. The van der Waals surface area contributed by atoms with Gasteiger partial charge in [-0.1, -0.05) is 53.7 Å². The van der Waals surface area contributed by atoms with Crippen LogP contribution in [0.4, 0.5) is 5.69 Å². The summed E-state index contributed by atoms with van der Waals surface area (Å²) in [6, 6.07) is 28.3. The number of ether oxygens (including phenoxy) is 1. The average Bonchev–Trinajstić information content (AvgIpc) is 2.89. The number of hydrogen-bond acceptors (Lipinski definition) is 5. The summed E-state index contributed by atoms with van der Waals surface area (Å²) in [5.41, 5.74) is 4.25. The fourth-order valence-corrected chi connectivity index (χ4v) is 4.52. The molecule has 0 saturated carbocycles. The van der Waals surface area contributed by atoms with Crippen molar-refractivity contribution in [2.45, 2.75) is 17.2 Å². The lowest BCUT2D eigenvalue weighted by molar-refractivity contribution is -0.115. The summed E-state index contributed by atoms with van der Waals surface area (Å²) < 4.78 is 5.27. The number of carbonyl (C=O) groups excluding carboxylic acids is 1. The number of anilines is 1. The zero-order valence-electron chi connectivity index (χ0n) is 19.2. The summed E-state index contributed by atoms with van der Waals surface area (Å²) in [6.45, 7) is 1.80. The van der Waals surface area contributed by atoms with E-state index in [-0.39, 0.29) is 5.91 Å². The van der Waals surface area contributed by atoms with E-state index in [0.29, 0.717) is 27.0 Å². The molecule has 0 aliphatic rings. The summed E-state index contributed by atoms with van der Waals surface area (Å²) in [7, 11) is 1.62. The number of methoxy groups -OCH3 is 1. The lowest BCUT2D eigenvalue weighted by Crippen LogP contribution is -2.22. The number of nitrogens with zero attached hydrogens (tertiary/aromatic N) is 2. The Morgan fingerprint density at radius 1 is 1.03 bits per heavy atom. The van der Waals surface area contributed by atoms with E-state index in [4.69, 9.17) is 21.3 Å². The van der Waals surface area contributed by atoms with Gasteiger partial charge in [0.15, 0.2) is 0 Å². The molecule has 35 heavy (non-hydrogen) atoms. The van der Waals surface area contributed by atoms with E-state index in [0.717, 1.165) is 22.4 Å². The lowest BCUT2D eigenvalue weighted by atomic mass is 9.99. The lowest BCUT2D eigenvalue weighted by Gasteiger charge is -2.16. The molecule has 174 valence electrons. The first-order valence-electron chi connectivity index (χ1n) is 10.9. The molecule has 1 heterocycles. The number of rotatable bonds is 7. The molecule has 0 aliphatic heterocycles. The van der Waals surface area contributed by atoms with Gasteiger partial charge in [-0.3, -0.25) is 4.79 Å². The van der Waals surface area contributed by atoms with Crippen LogP contribution in [0.15, 0.2) is 90.0 Å². The van der Waals surface area contributed by atoms with Crippen LogP contribution in [0, 0.1) is 11.3 Å². The molecular weight excluding hydrogens is 478 g/mol. The van der Waals surface area contributed by atoms with Crippen molar-refractivity contribution in [3.63, 3.8) is 0 Å². The third-order valence-corrected chi connectivity index (χ3v) is 6.68. The maximum atomic E-state index is 12.9. The van der Waals surface area contributed by atoms with Crippen molar-refractivity contribution < 1.29 is 9.53 Å². The van der Waals surface area contributed by atoms with Gasteiger partial charge >= 0.3 is 0 Å². The molecule has 1 atom stereocenters. The second kappa shape index (κ2) is 11.1. The Hall–Kier alpha value is -3.79. The average molecular weight is 500 g/mol. The number of nitriles is 1. The number of halogens is 1. The first kappa shape index (κ1) is 24.3. The van der Waals surface area contributed by atoms with Crippen molar-refractivity contribution in [2.75, 3.05) is 12.4 Å². The number of pyridine rings is 1. The van der Waals surface area contributed by atoms with Crippen LogP contribution in [-0.2, 0) is 4.79 Å². The summed E-state index contributed by atoms with van der Waals surface area (Å²) in [5.74, 6) is 0.566. The van der Waals surface area contributed by atoms with Gasteiger partial charge in [0.05, 0.1) is 23.6 Å². The Bertz CT molecular complexity index is 1370. The van der Waals surface area contributed by atoms with Crippen molar-refractivity contribution in [1.29, 1.82) is 5.26 Å². The van der Waals surface area contributed by atoms with Gasteiger partial charge in [0.2, 0.25) is 5.91 Å². The normalized spacial score (nSPS) is 11.4. The Morgan fingerprint density at radius 2 is 1.69 bits per heavy atom. The SMILES string of the molecule is COc1ccc(-c2cc(-c3ccc(Cl)cc3)c(C#N)c(S[C@H](C)C(=O)Nc3ccccc3)n2)cc1. The number of carbonyl (C=O) groups is 1. The molecule has 0 spiro atoms. The number of aromatic nitrogens is 1. The number of amides is 1. The van der Waals surface area contributed by atoms with Crippen molar-refractivity contribution in [3.8, 4) is 34.2 Å². The summed E-state index contributed by atoms with van der Waals surface area (Å²) in [6.07, 6.45) is 0. The minimum absolute atomic E-state index is 0.171. The third-order valence-electron chi connectivity index (χ3n) is 5.34. The van der Waals surface area contributed by atoms with Gasteiger partial charge < -0.3 is 10.1 Å². The summed E-state index contributed by atoms with van der Waals surface area (Å²) >= 11 is 7.35. The second-order valence-corrected chi connectivity index (χ2v) is 9.46. The predicted molar refractivity (Wildman–Crippen MR) is 142 cm³/mol. The van der Waals surface area contributed by atoms with Gasteiger partial charge in [-0.25, -0.2) is 4.98 Å². The van der Waals surface area contributed by atoms with Gasteiger partial charge in [0.25, 0.3) is 0 Å². The van der Waals surface area contributed by atoms with Gasteiger partial charge in [-0.05, 0) is 67.1 Å². The Kier molecular flexibility index (Phi) is 7.71. The third kappa shape index (κ3) is 5.83. The van der Waals surface area contributed by atoms with E-state index in [1.54, 1.807) is 26.2 Å². The van der Waals surface area contributed by atoms with Gasteiger partial charge in [0, 0.05) is 21.8 Å². The molecule has 0 fully saturated rings. The molecule has 4 aromatic rings. The van der Waals surface area contributed by atoms with E-state index >= 15 is 0 Å². The predicted octanol–water partition coefficient (Wildman–Crippen LogP) is 7.07. The van der Waals surface area contributed by atoms with E-state index in [2.05, 4.69) is 11.4 Å². The smallest absolute Gasteiger partial charge is 0.237 e. The molecular formula is C28H22ClN3O2S. The Morgan fingerprint density at radius 3 is 2.31 bits per heavy atom. The van der Waals surface area contributed by atoms with Crippen molar-refractivity contribution in [1.82, 2.24) is 4.98 Å². The number of para-hydroxylation sites is 1. The Labute approximate surface area is 213 Å². The molecule has 7 heteroatoms. The molecule has 0 bridgehead atoms. The van der Waals surface area contributed by atoms with E-state index in [1.165, 1.54) is 11.8 Å². The van der Waals surface area contributed by atoms with E-state index < -0.39 is 5.25 Å². The fraction of sp³-hybridized carbons (Fsp3) is 0.107. The van der Waals surface area contributed by atoms with E-state index in [1.807, 2.05) is 72.8 Å². The highest BCUT2D eigenvalue weighted by Crippen LogP contribution is 2.36. The maximum absolute atomic E-state index is 12.9. The summed E-state index contributed by atoms with van der Waals surface area (Å²) in [5, 5.41) is 13.6. The van der Waals surface area contributed by atoms with Crippen LogP contribution in [0.25, 0.3) is 22.4 Å². The van der Waals surface area contributed by atoms with Crippen LogP contribution in [0.1, 0.15) is 12.5 Å². The molecule has 0 saturated heterocycles. The summed E-state index contributed by atoms with van der Waals surface area (Å²) in [4.78, 5) is 17.7. The quantitative estimate of drug-likeness (QED) is 0.275. The Balaban J connectivity index is 1.75. The van der Waals surface area contributed by atoms with Crippen LogP contribution >= 0.6 is 23.4 Å². The minimum atomic E-state index is -0.487. The van der Waals surface area contributed by atoms with Crippen LogP contribution in [0.5, 0.6) is 5.75 Å². The maximum Gasteiger partial charge on any atom is 0.237 e. The monoisotopic (exact) mass is 499 g/mol. The molecule has 0 aliphatic carbocycles. The number of thioether (sulfide) groups is 1. The molecule has 3 aromatic carbocycles. The molecule has 5 nitrogen and oxygen atoms in total. The standard InChI is InChI=1S/C28H22ClN3O2S/c1-18(27(33)31-22-6-4-3-5-7-22)35-28-25(17-30)24(19-8-12-21(29)13-9-19)16-26(32-28)20-10-14-23(34-2)15-11-20/h3-16,18H,1-2H3,(H,31,33)/t18-/m1/s1. The van der Waals surface area contributed by atoms with Crippen LogP contribution < -0.4 is 10.1 Å². The molecule has 0 unspecified atom stereocenters. The number of hydrogen-bond donors (Lipinski definition) is 1. The first-order chi connectivity index (χ1) is 17.0. The molecule has 1 N–H and O–H groups in total. The van der Waals surface area contributed by atoms with Gasteiger partial charge in [0.1, 0.15) is 16.8 Å². The number of benzene rings is 3. The van der Waals surface area contributed by atoms with Crippen molar-refractivity contribution in [2.24, 2.45) is 0 Å². The molecule has 4 rings (SSSR count). The highest BCUT2D eigenvalue weighted by atomic mass is 35.5. The highest BCUT2D eigenvalue weighted by Gasteiger charge is 2.21. The van der Waals surface area contributed by atoms with E-state index in [9.17, 15) is 10.1 Å². The van der Waals surface area contributed by atoms with Crippen LogP contribution in [0.3, 0.4) is 0 Å². The zero-order valence-corrected chi connectivity index (χ0v) is 20.7. The fourth-order valence-electron chi connectivity index (χ4n) is 3.47. The van der Waals surface area contributed by atoms with Crippen molar-refractivity contribution in [3.05, 3.63) is 95.5 Å². The zero-order chi connectivity index (χ0) is 24.8.